The highest BCUT2D eigenvalue weighted by Crippen LogP contribution is 2.29. The summed E-state index contributed by atoms with van der Waals surface area (Å²) in [4.78, 5) is 28.8. The SMILES string of the molecule is CC(C)c1cc(=O)n(CC(=O)Nc2ccccc2Oc2ccccc2)cn1. The molecule has 0 bridgehead atoms. The van der Waals surface area contributed by atoms with Crippen molar-refractivity contribution < 1.29 is 9.53 Å². The molecule has 0 radical (unpaired) electrons. The number of nitrogens with one attached hydrogen (secondary N) is 1. The maximum Gasteiger partial charge on any atom is 0.254 e. The second kappa shape index (κ2) is 8.31. The molecule has 0 aliphatic carbocycles. The van der Waals surface area contributed by atoms with E-state index in [0.717, 1.165) is 0 Å². The minimum absolute atomic E-state index is 0.121. The number of benzene rings is 2. The smallest absolute Gasteiger partial charge is 0.254 e. The summed E-state index contributed by atoms with van der Waals surface area (Å²) in [5.74, 6) is 1.02. The third kappa shape index (κ3) is 4.82. The highest BCUT2D eigenvalue weighted by Gasteiger charge is 2.11. The molecule has 0 saturated heterocycles. The molecule has 0 aliphatic heterocycles. The number of nitrogens with zero attached hydrogens (tertiary/aromatic N) is 2. The van der Waals surface area contributed by atoms with Crippen LogP contribution in [0.3, 0.4) is 0 Å². The molecule has 3 rings (SSSR count). The molecule has 1 amide bonds. The zero-order valence-corrected chi connectivity index (χ0v) is 15.3. The van der Waals surface area contributed by atoms with Crippen LogP contribution in [-0.4, -0.2) is 15.5 Å². The lowest BCUT2D eigenvalue weighted by atomic mass is 10.1. The first-order valence-electron chi connectivity index (χ1n) is 8.71. The van der Waals surface area contributed by atoms with Gasteiger partial charge in [0, 0.05) is 6.07 Å². The average Bonchev–Trinajstić information content (AvgIpc) is 2.65. The van der Waals surface area contributed by atoms with Crippen LogP contribution in [-0.2, 0) is 11.3 Å². The Balaban J connectivity index is 1.72. The van der Waals surface area contributed by atoms with Gasteiger partial charge in [-0.2, -0.15) is 0 Å². The standard InChI is InChI=1S/C21H21N3O3/c1-15(2)18-12-21(26)24(14-22-18)13-20(25)23-17-10-6-7-11-19(17)27-16-8-4-3-5-9-16/h3-12,14-15H,13H2,1-2H3,(H,23,25). The van der Waals surface area contributed by atoms with Crippen molar-refractivity contribution >= 4 is 11.6 Å². The fraction of sp³-hybridized carbons (Fsp3) is 0.190. The van der Waals surface area contributed by atoms with Gasteiger partial charge in [0.05, 0.1) is 17.7 Å². The molecule has 6 nitrogen and oxygen atoms in total. The summed E-state index contributed by atoms with van der Waals surface area (Å²) in [6.45, 7) is 3.80. The molecule has 1 aromatic heterocycles. The van der Waals surface area contributed by atoms with E-state index in [9.17, 15) is 9.59 Å². The fourth-order valence-corrected chi connectivity index (χ4v) is 2.49. The summed E-state index contributed by atoms with van der Waals surface area (Å²) in [6, 6.07) is 17.9. The first-order valence-corrected chi connectivity index (χ1v) is 8.71. The molecule has 27 heavy (non-hydrogen) atoms. The number of amides is 1. The van der Waals surface area contributed by atoms with Crippen LogP contribution in [0, 0.1) is 0 Å². The predicted molar refractivity (Wildman–Crippen MR) is 104 cm³/mol. The van der Waals surface area contributed by atoms with E-state index in [4.69, 9.17) is 4.74 Å². The molecule has 0 spiro atoms. The summed E-state index contributed by atoms with van der Waals surface area (Å²) in [6.07, 6.45) is 1.41. The molecule has 1 N–H and O–H groups in total. The van der Waals surface area contributed by atoms with E-state index in [0.29, 0.717) is 22.9 Å². The molecule has 1 heterocycles. The third-order valence-corrected chi connectivity index (χ3v) is 3.94. The van der Waals surface area contributed by atoms with Gasteiger partial charge in [-0.1, -0.05) is 44.2 Å². The first kappa shape index (κ1) is 18.4. The lowest BCUT2D eigenvalue weighted by Crippen LogP contribution is -2.28. The monoisotopic (exact) mass is 363 g/mol. The van der Waals surface area contributed by atoms with Crippen LogP contribution in [0.4, 0.5) is 5.69 Å². The molecular formula is C21H21N3O3. The van der Waals surface area contributed by atoms with E-state index in [-0.39, 0.29) is 23.9 Å². The molecule has 0 unspecified atom stereocenters. The Kier molecular flexibility index (Phi) is 5.66. The molecule has 0 fully saturated rings. The van der Waals surface area contributed by atoms with Crippen molar-refractivity contribution in [3.63, 3.8) is 0 Å². The Morgan fingerprint density at radius 3 is 2.52 bits per heavy atom. The number of rotatable bonds is 6. The van der Waals surface area contributed by atoms with Crippen LogP contribution in [0.5, 0.6) is 11.5 Å². The summed E-state index contributed by atoms with van der Waals surface area (Å²) >= 11 is 0. The van der Waals surface area contributed by atoms with Gasteiger partial charge in [-0.05, 0) is 30.2 Å². The van der Waals surface area contributed by atoms with Crippen molar-refractivity contribution in [3.05, 3.63) is 83.0 Å². The molecule has 0 saturated carbocycles. The summed E-state index contributed by atoms with van der Waals surface area (Å²) in [5.41, 5.74) is 0.988. The molecule has 3 aromatic rings. The van der Waals surface area contributed by atoms with Gasteiger partial charge in [0.25, 0.3) is 5.56 Å². The van der Waals surface area contributed by atoms with Gasteiger partial charge >= 0.3 is 0 Å². The Hall–Kier alpha value is -3.41. The summed E-state index contributed by atoms with van der Waals surface area (Å²) in [7, 11) is 0. The fourth-order valence-electron chi connectivity index (χ4n) is 2.49. The van der Waals surface area contributed by atoms with Crippen molar-refractivity contribution in [3.8, 4) is 11.5 Å². The van der Waals surface area contributed by atoms with Crippen LogP contribution in [0.2, 0.25) is 0 Å². The van der Waals surface area contributed by atoms with E-state index in [1.807, 2.05) is 50.2 Å². The maximum atomic E-state index is 12.4. The largest absolute Gasteiger partial charge is 0.455 e. The Labute approximate surface area is 157 Å². The molecule has 0 aliphatic rings. The lowest BCUT2D eigenvalue weighted by Gasteiger charge is -2.13. The Bertz CT molecular complexity index is 981. The van der Waals surface area contributed by atoms with Crippen molar-refractivity contribution in [1.82, 2.24) is 9.55 Å². The Morgan fingerprint density at radius 2 is 1.81 bits per heavy atom. The minimum Gasteiger partial charge on any atom is -0.455 e. The number of carbonyl (C=O) groups is 1. The highest BCUT2D eigenvalue weighted by atomic mass is 16.5. The van der Waals surface area contributed by atoms with Gasteiger partial charge in [-0.25, -0.2) is 4.98 Å². The highest BCUT2D eigenvalue weighted by molar-refractivity contribution is 5.92. The first-order chi connectivity index (χ1) is 13.0. The van der Waals surface area contributed by atoms with E-state index < -0.39 is 0 Å². The predicted octanol–water partition coefficient (Wildman–Crippen LogP) is 3.80. The van der Waals surface area contributed by atoms with Crippen molar-refractivity contribution in [2.45, 2.75) is 26.3 Å². The number of carbonyl (C=O) groups excluding carboxylic acids is 1. The molecular weight excluding hydrogens is 342 g/mol. The quantitative estimate of drug-likeness (QED) is 0.723. The van der Waals surface area contributed by atoms with Gasteiger partial charge < -0.3 is 10.1 Å². The maximum absolute atomic E-state index is 12.4. The van der Waals surface area contributed by atoms with Crippen LogP contribution in [0.25, 0.3) is 0 Å². The van der Waals surface area contributed by atoms with Crippen molar-refractivity contribution in [2.75, 3.05) is 5.32 Å². The summed E-state index contributed by atoms with van der Waals surface area (Å²) < 4.78 is 7.11. The van der Waals surface area contributed by atoms with Crippen LogP contribution < -0.4 is 15.6 Å². The number of aromatic nitrogens is 2. The second-order valence-corrected chi connectivity index (χ2v) is 6.39. The number of hydrogen-bond donors (Lipinski definition) is 1. The van der Waals surface area contributed by atoms with Gasteiger partial charge in [0.15, 0.2) is 5.75 Å². The van der Waals surface area contributed by atoms with Gasteiger partial charge in [0.2, 0.25) is 5.91 Å². The third-order valence-electron chi connectivity index (χ3n) is 3.94. The lowest BCUT2D eigenvalue weighted by molar-refractivity contribution is -0.116. The van der Waals surface area contributed by atoms with E-state index >= 15 is 0 Å². The van der Waals surface area contributed by atoms with Gasteiger partial charge in [-0.3, -0.25) is 14.2 Å². The number of para-hydroxylation sites is 3. The zero-order valence-electron chi connectivity index (χ0n) is 15.3. The van der Waals surface area contributed by atoms with Gasteiger partial charge in [0.1, 0.15) is 12.3 Å². The van der Waals surface area contributed by atoms with Crippen LogP contribution >= 0.6 is 0 Å². The van der Waals surface area contributed by atoms with E-state index in [1.165, 1.54) is 17.0 Å². The molecule has 138 valence electrons. The molecule has 6 heteroatoms. The van der Waals surface area contributed by atoms with E-state index in [2.05, 4.69) is 10.3 Å². The number of anilines is 1. The normalized spacial score (nSPS) is 10.6. The van der Waals surface area contributed by atoms with Crippen LogP contribution in [0.1, 0.15) is 25.5 Å². The average molecular weight is 363 g/mol. The topological polar surface area (TPSA) is 73.2 Å². The Morgan fingerprint density at radius 1 is 1.11 bits per heavy atom. The molecule has 0 atom stereocenters. The van der Waals surface area contributed by atoms with Gasteiger partial charge in [-0.15, -0.1) is 0 Å². The van der Waals surface area contributed by atoms with Crippen LogP contribution in [0.15, 0.2) is 71.8 Å². The second-order valence-electron chi connectivity index (χ2n) is 6.39. The number of ether oxygens (including phenoxy) is 1. The number of hydrogen-bond acceptors (Lipinski definition) is 4. The summed E-state index contributed by atoms with van der Waals surface area (Å²) in [5, 5.41) is 2.79. The zero-order chi connectivity index (χ0) is 19.2. The van der Waals surface area contributed by atoms with Crippen molar-refractivity contribution in [2.24, 2.45) is 0 Å². The van der Waals surface area contributed by atoms with Crippen molar-refractivity contribution in [1.29, 1.82) is 0 Å². The minimum atomic E-state index is -0.333. The van der Waals surface area contributed by atoms with E-state index in [1.54, 1.807) is 18.2 Å². The molecule has 2 aromatic carbocycles.